The van der Waals surface area contributed by atoms with Crippen LogP contribution in [-0.4, -0.2) is 53.5 Å². The molecule has 0 N–H and O–H groups in total. The van der Waals surface area contributed by atoms with Crippen LogP contribution in [0, 0.1) is 11.3 Å². The van der Waals surface area contributed by atoms with E-state index in [0.29, 0.717) is 29.0 Å². The first kappa shape index (κ1) is 25.5. The number of hydrogen-bond acceptors (Lipinski definition) is 7. The van der Waals surface area contributed by atoms with Crippen LogP contribution in [0.1, 0.15) is 42.9 Å². The van der Waals surface area contributed by atoms with Gasteiger partial charge in [-0.1, -0.05) is 6.07 Å². The first-order valence-corrected chi connectivity index (χ1v) is 11.5. The maximum atomic E-state index is 10.0. The SMILES string of the molecule is COc1ccc(C(C)(C#N)CCCC2Cc3cc(OC)c(OC)c(OC)c3CN2C)cc1OC. The van der Waals surface area contributed by atoms with Gasteiger partial charge in [-0.25, -0.2) is 0 Å². The summed E-state index contributed by atoms with van der Waals surface area (Å²) in [6.45, 7) is 2.77. The zero-order chi connectivity index (χ0) is 24.9. The standard InChI is InChI=1S/C27H36N2O5/c1-27(17-28,19-10-11-22(30-3)23(15-19)31-4)12-8-9-20-13-18-14-24(32-5)26(34-7)25(33-6)21(18)16-29(20)2/h10-11,14-15,20H,8-9,12-13,16H2,1-7H3. The Hall–Kier alpha value is -3.11. The summed E-state index contributed by atoms with van der Waals surface area (Å²) < 4.78 is 27.6. The summed E-state index contributed by atoms with van der Waals surface area (Å²) in [7, 11) is 10.3. The van der Waals surface area contributed by atoms with Gasteiger partial charge >= 0.3 is 0 Å². The molecule has 34 heavy (non-hydrogen) atoms. The van der Waals surface area contributed by atoms with Crippen LogP contribution in [0.15, 0.2) is 24.3 Å². The monoisotopic (exact) mass is 468 g/mol. The van der Waals surface area contributed by atoms with Crippen molar-refractivity contribution in [3.63, 3.8) is 0 Å². The quantitative estimate of drug-likeness (QED) is 0.499. The number of methoxy groups -OCH3 is 5. The van der Waals surface area contributed by atoms with Crippen LogP contribution in [0.4, 0.5) is 0 Å². The molecule has 0 amide bonds. The summed E-state index contributed by atoms with van der Waals surface area (Å²) >= 11 is 0. The molecule has 0 fully saturated rings. The van der Waals surface area contributed by atoms with E-state index >= 15 is 0 Å². The summed E-state index contributed by atoms with van der Waals surface area (Å²) in [6, 6.07) is 10.7. The fourth-order valence-electron chi connectivity index (χ4n) is 4.87. The van der Waals surface area contributed by atoms with Gasteiger partial charge in [0.05, 0.1) is 47.0 Å². The van der Waals surface area contributed by atoms with Crippen LogP contribution >= 0.6 is 0 Å². The lowest BCUT2D eigenvalue weighted by molar-refractivity contribution is 0.193. The molecular formula is C27H36N2O5. The van der Waals surface area contributed by atoms with Crippen molar-refractivity contribution >= 4 is 0 Å². The molecule has 0 saturated carbocycles. The van der Waals surface area contributed by atoms with E-state index in [1.807, 2.05) is 25.1 Å². The maximum absolute atomic E-state index is 10.0. The molecule has 1 aliphatic heterocycles. The molecule has 184 valence electrons. The van der Waals surface area contributed by atoms with Gasteiger partial charge in [0.15, 0.2) is 23.0 Å². The predicted molar refractivity (Wildman–Crippen MR) is 131 cm³/mol. The smallest absolute Gasteiger partial charge is 0.203 e. The molecule has 3 rings (SSSR count). The van der Waals surface area contributed by atoms with Gasteiger partial charge in [-0.05, 0) is 69.0 Å². The van der Waals surface area contributed by atoms with Gasteiger partial charge in [0, 0.05) is 18.2 Å². The molecule has 7 heteroatoms. The highest BCUT2D eigenvalue weighted by molar-refractivity contribution is 5.60. The Bertz CT molecular complexity index is 1050. The Labute approximate surface area is 203 Å². The Morgan fingerprint density at radius 1 is 0.941 bits per heavy atom. The largest absolute Gasteiger partial charge is 0.493 e. The molecule has 2 unspecified atom stereocenters. The van der Waals surface area contributed by atoms with Crippen LogP contribution in [0.3, 0.4) is 0 Å². The summed E-state index contributed by atoms with van der Waals surface area (Å²) in [5, 5.41) is 10.0. The fourth-order valence-corrected chi connectivity index (χ4v) is 4.87. The number of nitrogens with zero attached hydrogens (tertiary/aromatic N) is 2. The molecule has 0 spiro atoms. The molecule has 0 aliphatic carbocycles. The number of benzene rings is 2. The van der Waals surface area contributed by atoms with Gasteiger partial charge in [0.1, 0.15) is 0 Å². The normalized spacial score (nSPS) is 17.2. The second-order valence-electron chi connectivity index (χ2n) is 8.96. The molecule has 0 aromatic heterocycles. The lowest BCUT2D eigenvalue weighted by Crippen LogP contribution is -2.38. The molecule has 0 bridgehead atoms. The minimum atomic E-state index is -0.607. The summed E-state index contributed by atoms with van der Waals surface area (Å²) in [4.78, 5) is 2.36. The van der Waals surface area contributed by atoms with Crippen molar-refractivity contribution in [2.75, 3.05) is 42.6 Å². The summed E-state index contributed by atoms with van der Waals surface area (Å²) in [5.74, 6) is 3.37. The number of likely N-dealkylation sites (N-methyl/N-ethyl adjacent to an activating group) is 1. The minimum Gasteiger partial charge on any atom is -0.493 e. The minimum absolute atomic E-state index is 0.364. The number of ether oxygens (including phenoxy) is 5. The third-order valence-electron chi connectivity index (χ3n) is 6.99. The average Bonchev–Trinajstić information content (AvgIpc) is 2.87. The molecule has 2 aromatic carbocycles. The van der Waals surface area contributed by atoms with Crippen molar-refractivity contribution in [2.24, 2.45) is 0 Å². The lowest BCUT2D eigenvalue weighted by Gasteiger charge is -2.36. The van der Waals surface area contributed by atoms with E-state index < -0.39 is 5.41 Å². The predicted octanol–water partition coefficient (Wildman–Crippen LogP) is 4.74. The van der Waals surface area contributed by atoms with Gasteiger partial charge in [-0.3, -0.25) is 4.90 Å². The zero-order valence-corrected chi connectivity index (χ0v) is 21.4. The topological polar surface area (TPSA) is 73.2 Å². The van der Waals surface area contributed by atoms with Crippen LogP contribution in [0.25, 0.3) is 0 Å². The lowest BCUT2D eigenvalue weighted by atomic mass is 9.78. The average molecular weight is 469 g/mol. The van der Waals surface area contributed by atoms with Crippen LogP contribution < -0.4 is 23.7 Å². The number of rotatable bonds is 10. The van der Waals surface area contributed by atoms with Crippen molar-refractivity contribution < 1.29 is 23.7 Å². The summed E-state index contributed by atoms with van der Waals surface area (Å²) in [5.41, 5.74) is 2.70. The van der Waals surface area contributed by atoms with Crippen molar-refractivity contribution in [1.29, 1.82) is 5.26 Å². The molecule has 2 atom stereocenters. The number of fused-ring (bicyclic) bond motifs is 1. The van der Waals surface area contributed by atoms with Crippen LogP contribution in [0.2, 0.25) is 0 Å². The third kappa shape index (κ3) is 4.88. The van der Waals surface area contributed by atoms with E-state index in [1.165, 1.54) is 5.56 Å². The van der Waals surface area contributed by atoms with Gasteiger partial charge in [0.25, 0.3) is 0 Å². The van der Waals surface area contributed by atoms with Gasteiger partial charge in [-0.15, -0.1) is 0 Å². The second kappa shape index (κ2) is 10.9. The van der Waals surface area contributed by atoms with E-state index in [0.717, 1.165) is 49.1 Å². The first-order chi connectivity index (χ1) is 16.3. The van der Waals surface area contributed by atoms with Crippen LogP contribution in [-0.2, 0) is 18.4 Å². The Balaban J connectivity index is 1.75. The number of hydrogen-bond donors (Lipinski definition) is 0. The highest BCUT2D eigenvalue weighted by Crippen LogP contribution is 2.45. The van der Waals surface area contributed by atoms with Gasteiger partial charge in [-0.2, -0.15) is 5.26 Å². The Morgan fingerprint density at radius 3 is 2.21 bits per heavy atom. The molecule has 7 nitrogen and oxygen atoms in total. The third-order valence-corrected chi connectivity index (χ3v) is 6.99. The van der Waals surface area contributed by atoms with Crippen LogP contribution in [0.5, 0.6) is 28.7 Å². The second-order valence-corrected chi connectivity index (χ2v) is 8.96. The van der Waals surface area contributed by atoms with E-state index in [2.05, 4.69) is 24.1 Å². The fraction of sp³-hybridized carbons (Fsp3) is 0.519. The molecule has 2 aromatic rings. The highest BCUT2D eigenvalue weighted by Gasteiger charge is 2.31. The van der Waals surface area contributed by atoms with E-state index in [-0.39, 0.29) is 0 Å². The Kier molecular flexibility index (Phi) is 8.16. The van der Waals surface area contributed by atoms with Crippen molar-refractivity contribution in [1.82, 2.24) is 4.90 Å². The van der Waals surface area contributed by atoms with Crippen molar-refractivity contribution in [2.45, 2.75) is 50.6 Å². The highest BCUT2D eigenvalue weighted by atomic mass is 16.5. The molecule has 1 heterocycles. The Morgan fingerprint density at radius 2 is 1.62 bits per heavy atom. The molecular weight excluding hydrogens is 432 g/mol. The maximum Gasteiger partial charge on any atom is 0.203 e. The van der Waals surface area contributed by atoms with Crippen molar-refractivity contribution in [3.8, 4) is 34.8 Å². The van der Waals surface area contributed by atoms with Gasteiger partial charge < -0.3 is 23.7 Å². The first-order valence-electron chi connectivity index (χ1n) is 11.5. The zero-order valence-electron chi connectivity index (χ0n) is 21.4. The molecule has 1 aliphatic rings. The number of nitriles is 1. The van der Waals surface area contributed by atoms with E-state index in [1.54, 1.807) is 35.5 Å². The van der Waals surface area contributed by atoms with Crippen molar-refractivity contribution in [3.05, 3.63) is 41.0 Å². The van der Waals surface area contributed by atoms with Gasteiger partial charge in [0.2, 0.25) is 5.75 Å². The molecule has 0 radical (unpaired) electrons. The van der Waals surface area contributed by atoms with E-state index in [4.69, 9.17) is 23.7 Å². The van der Waals surface area contributed by atoms with E-state index in [9.17, 15) is 5.26 Å². The molecule has 0 saturated heterocycles. The summed E-state index contributed by atoms with van der Waals surface area (Å²) in [6.07, 6.45) is 3.55.